The molecule has 0 heterocycles. The van der Waals surface area contributed by atoms with Crippen molar-refractivity contribution >= 4 is 0 Å². The van der Waals surface area contributed by atoms with E-state index in [1.807, 2.05) is 0 Å². The van der Waals surface area contributed by atoms with Gasteiger partial charge in [0.15, 0.2) is 0 Å². The van der Waals surface area contributed by atoms with Crippen LogP contribution in [0.15, 0.2) is 0 Å². The monoisotopic (exact) mass is 184 g/mol. The molecule has 0 saturated heterocycles. The molecule has 0 fully saturated rings. The van der Waals surface area contributed by atoms with Crippen molar-refractivity contribution in [1.82, 2.24) is 0 Å². The fraction of sp³-hybridized carbons (Fsp3) is 1.00. The number of unbranched alkanes of at least 4 members (excludes halogenated alkanes) is 1. The van der Waals surface area contributed by atoms with Gasteiger partial charge in [-0.05, 0) is 12.7 Å². The molecule has 3 nitrogen and oxygen atoms in total. The van der Waals surface area contributed by atoms with Gasteiger partial charge in [-0.2, -0.15) is 0 Å². The summed E-state index contributed by atoms with van der Waals surface area (Å²) in [4.78, 5) is 0. The second-order valence-corrected chi connectivity index (χ2v) is 2.40. The summed E-state index contributed by atoms with van der Waals surface area (Å²) in [5.74, 6) is 0. The molecule has 1 unspecified atom stereocenters. The van der Waals surface area contributed by atoms with Gasteiger partial charge in [-0.3, -0.25) is 0 Å². The third kappa shape index (κ3) is 13.5. The third-order valence-corrected chi connectivity index (χ3v) is 1.22. The van der Waals surface area contributed by atoms with Crippen LogP contribution in [0.5, 0.6) is 0 Å². The summed E-state index contributed by atoms with van der Waals surface area (Å²) in [6.45, 7) is 5.31. The fourth-order valence-corrected chi connectivity index (χ4v) is 0.621. The van der Waals surface area contributed by atoms with E-state index < -0.39 is 6.29 Å². The molecule has 68 valence electrons. The van der Waals surface area contributed by atoms with E-state index in [1.54, 1.807) is 0 Å². The van der Waals surface area contributed by atoms with Crippen LogP contribution < -0.4 is 34.7 Å². The first-order chi connectivity index (χ1) is 5.27. The van der Waals surface area contributed by atoms with E-state index in [0.29, 0.717) is 13.2 Å². The summed E-state index contributed by atoms with van der Waals surface area (Å²) >= 11 is 0. The van der Waals surface area contributed by atoms with E-state index >= 15 is 0 Å². The van der Waals surface area contributed by atoms with E-state index in [4.69, 9.17) is 9.47 Å². The van der Waals surface area contributed by atoms with Gasteiger partial charge in [-0.1, -0.05) is 20.3 Å². The summed E-state index contributed by atoms with van der Waals surface area (Å²) in [6, 6.07) is 0. The van der Waals surface area contributed by atoms with Crippen LogP contribution in [-0.2, 0) is 9.47 Å². The molecule has 0 rings (SSSR count). The van der Waals surface area contributed by atoms with Crippen molar-refractivity contribution in [2.24, 2.45) is 0 Å². The van der Waals surface area contributed by atoms with Crippen LogP contribution in [0.2, 0.25) is 0 Å². The van der Waals surface area contributed by atoms with E-state index in [1.165, 1.54) is 6.92 Å². The van der Waals surface area contributed by atoms with Crippen molar-refractivity contribution < 1.29 is 44.1 Å². The summed E-state index contributed by atoms with van der Waals surface area (Å²) < 4.78 is 9.90. The molecule has 0 aromatic carbocycles. The fourth-order valence-electron chi connectivity index (χ4n) is 0.621. The Morgan fingerprint density at radius 2 is 1.92 bits per heavy atom. The maximum atomic E-state index is 10.3. The summed E-state index contributed by atoms with van der Waals surface area (Å²) in [5.41, 5.74) is 0. The SMILES string of the molecule is CCCCOCCOC(C)[O-].[Na+]. The van der Waals surface area contributed by atoms with E-state index in [0.717, 1.165) is 19.4 Å². The summed E-state index contributed by atoms with van der Waals surface area (Å²) in [6.07, 6.45) is 1.29. The predicted molar refractivity (Wildman–Crippen MR) is 41.1 cm³/mol. The minimum atomic E-state index is -0.926. The molecule has 1 atom stereocenters. The Morgan fingerprint density at radius 1 is 1.25 bits per heavy atom. The van der Waals surface area contributed by atoms with E-state index in [-0.39, 0.29) is 29.6 Å². The maximum Gasteiger partial charge on any atom is 1.00 e. The molecule has 0 aromatic heterocycles. The first-order valence-corrected chi connectivity index (χ1v) is 4.12. The van der Waals surface area contributed by atoms with Crippen molar-refractivity contribution in [3.05, 3.63) is 0 Å². The smallest absolute Gasteiger partial charge is 0.831 e. The molecule has 0 aliphatic heterocycles. The quantitative estimate of drug-likeness (QED) is 0.250. The topological polar surface area (TPSA) is 41.5 Å². The Balaban J connectivity index is 0. The van der Waals surface area contributed by atoms with Gasteiger partial charge in [0.2, 0.25) is 0 Å². The minimum Gasteiger partial charge on any atom is -0.831 e. The largest absolute Gasteiger partial charge is 1.00 e. The van der Waals surface area contributed by atoms with E-state index in [9.17, 15) is 5.11 Å². The molecular formula is C8H17NaO3. The molecule has 0 saturated carbocycles. The molecular weight excluding hydrogens is 167 g/mol. The second-order valence-electron chi connectivity index (χ2n) is 2.40. The normalized spacial score (nSPS) is 12.2. The zero-order valence-corrected chi connectivity index (χ0v) is 10.3. The predicted octanol–water partition coefficient (Wildman–Crippen LogP) is -2.47. The second kappa shape index (κ2) is 11.9. The van der Waals surface area contributed by atoms with Crippen molar-refractivity contribution in [1.29, 1.82) is 0 Å². The first-order valence-electron chi connectivity index (χ1n) is 4.12. The maximum absolute atomic E-state index is 10.3. The van der Waals surface area contributed by atoms with Crippen molar-refractivity contribution in [2.75, 3.05) is 19.8 Å². The number of hydrogen-bond acceptors (Lipinski definition) is 3. The number of ether oxygens (including phenoxy) is 2. The van der Waals surface area contributed by atoms with Gasteiger partial charge < -0.3 is 14.6 Å². The van der Waals surface area contributed by atoms with Crippen LogP contribution in [0.3, 0.4) is 0 Å². The van der Waals surface area contributed by atoms with Gasteiger partial charge >= 0.3 is 29.6 Å². The van der Waals surface area contributed by atoms with Gasteiger partial charge in [-0.15, -0.1) is 0 Å². The number of rotatable bonds is 7. The van der Waals surface area contributed by atoms with Crippen LogP contribution in [0.25, 0.3) is 0 Å². The van der Waals surface area contributed by atoms with Crippen LogP contribution in [-0.4, -0.2) is 26.1 Å². The Kier molecular flexibility index (Phi) is 15.2. The number of hydrogen-bond donors (Lipinski definition) is 0. The van der Waals surface area contributed by atoms with Gasteiger partial charge in [0.05, 0.1) is 13.2 Å². The molecule has 0 N–H and O–H groups in total. The molecule has 0 aliphatic rings. The van der Waals surface area contributed by atoms with Gasteiger partial charge in [-0.25, -0.2) is 0 Å². The average molecular weight is 184 g/mol. The Hall–Kier alpha value is 0.880. The van der Waals surface area contributed by atoms with Crippen LogP contribution in [0.1, 0.15) is 26.7 Å². The first kappa shape index (κ1) is 15.4. The standard InChI is InChI=1S/C8H17O3.Na/c1-3-4-5-10-6-7-11-8(2)9;/h8H,3-7H2,1-2H3;/q-1;+1. The molecule has 0 bridgehead atoms. The molecule has 0 amide bonds. The van der Waals surface area contributed by atoms with Crippen LogP contribution >= 0.6 is 0 Å². The molecule has 12 heavy (non-hydrogen) atoms. The molecule has 0 spiro atoms. The summed E-state index contributed by atoms with van der Waals surface area (Å²) in [7, 11) is 0. The van der Waals surface area contributed by atoms with Crippen LogP contribution in [0.4, 0.5) is 0 Å². The van der Waals surface area contributed by atoms with Crippen molar-refractivity contribution in [3.63, 3.8) is 0 Å². The molecule has 0 aromatic rings. The average Bonchev–Trinajstić information content (AvgIpc) is 1.96. The van der Waals surface area contributed by atoms with Crippen LogP contribution in [0, 0.1) is 0 Å². The van der Waals surface area contributed by atoms with Gasteiger partial charge in [0.1, 0.15) is 0 Å². The third-order valence-electron chi connectivity index (χ3n) is 1.22. The Labute approximate surface area is 96.7 Å². The zero-order chi connectivity index (χ0) is 8.53. The van der Waals surface area contributed by atoms with Gasteiger partial charge in [0.25, 0.3) is 0 Å². The molecule has 4 heteroatoms. The Bertz CT molecular complexity index is 78.7. The Morgan fingerprint density at radius 3 is 2.42 bits per heavy atom. The van der Waals surface area contributed by atoms with Gasteiger partial charge in [0, 0.05) is 6.61 Å². The molecule has 0 radical (unpaired) electrons. The van der Waals surface area contributed by atoms with Crippen molar-refractivity contribution in [2.45, 2.75) is 33.0 Å². The summed E-state index contributed by atoms with van der Waals surface area (Å²) in [5, 5.41) is 10.3. The minimum absolute atomic E-state index is 0. The zero-order valence-electron chi connectivity index (χ0n) is 8.34. The molecule has 0 aliphatic carbocycles. The van der Waals surface area contributed by atoms with E-state index in [2.05, 4.69) is 6.92 Å². The van der Waals surface area contributed by atoms with Crippen molar-refractivity contribution in [3.8, 4) is 0 Å².